The Morgan fingerprint density at radius 1 is 1.28 bits per heavy atom. The van der Waals surface area contributed by atoms with E-state index < -0.39 is 0 Å². The minimum atomic E-state index is -0.261. The van der Waals surface area contributed by atoms with Crippen LogP contribution >= 0.6 is 12.2 Å². The first-order valence-corrected chi connectivity index (χ1v) is 6.90. The molecule has 1 saturated carbocycles. The highest BCUT2D eigenvalue weighted by atomic mass is 32.1. The van der Waals surface area contributed by atoms with Crippen molar-refractivity contribution in [3.63, 3.8) is 0 Å². The van der Waals surface area contributed by atoms with E-state index in [-0.39, 0.29) is 5.82 Å². The third kappa shape index (κ3) is 3.42. The van der Waals surface area contributed by atoms with E-state index in [0.717, 1.165) is 18.4 Å². The van der Waals surface area contributed by atoms with E-state index in [1.54, 1.807) is 6.07 Å². The second kappa shape index (κ2) is 6.14. The summed E-state index contributed by atoms with van der Waals surface area (Å²) in [6.45, 7) is 1.87. The van der Waals surface area contributed by atoms with Gasteiger partial charge in [0.05, 0.1) is 5.69 Å². The molecular weight excluding hydrogens is 247 g/mol. The predicted octanol–water partition coefficient (Wildman–Crippen LogP) is 3.75. The number of halogens is 1. The lowest BCUT2D eigenvalue weighted by Crippen LogP contribution is -2.39. The molecule has 18 heavy (non-hydrogen) atoms. The number of para-hydroxylation sites is 1. The fourth-order valence-electron chi connectivity index (χ4n) is 2.37. The van der Waals surface area contributed by atoms with Crippen molar-refractivity contribution >= 4 is 23.0 Å². The van der Waals surface area contributed by atoms with Gasteiger partial charge in [-0.1, -0.05) is 31.4 Å². The largest absolute Gasteiger partial charge is 0.360 e. The third-order valence-electron chi connectivity index (χ3n) is 3.40. The summed E-state index contributed by atoms with van der Waals surface area (Å²) in [7, 11) is 0. The van der Waals surface area contributed by atoms with Gasteiger partial charge in [-0.2, -0.15) is 0 Å². The molecule has 98 valence electrons. The van der Waals surface area contributed by atoms with Gasteiger partial charge in [0.25, 0.3) is 0 Å². The SMILES string of the molecule is Cc1cccc(F)c1NC(=S)NC1CCCCC1. The van der Waals surface area contributed by atoms with Crippen molar-refractivity contribution in [2.75, 3.05) is 5.32 Å². The molecule has 0 saturated heterocycles. The van der Waals surface area contributed by atoms with Crippen LogP contribution in [0.3, 0.4) is 0 Å². The van der Waals surface area contributed by atoms with Crippen molar-refractivity contribution in [3.05, 3.63) is 29.6 Å². The maximum Gasteiger partial charge on any atom is 0.171 e. The molecule has 4 heteroatoms. The summed E-state index contributed by atoms with van der Waals surface area (Å²) in [4.78, 5) is 0. The smallest absolute Gasteiger partial charge is 0.171 e. The number of hydrogen-bond donors (Lipinski definition) is 2. The Bertz CT molecular complexity index is 408. The van der Waals surface area contributed by atoms with Crippen LogP contribution in [0.15, 0.2) is 18.2 Å². The number of benzene rings is 1. The predicted molar refractivity (Wildman–Crippen MR) is 77.4 cm³/mol. The molecule has 2 N–H and O–H groups in total. The van der Waals surface area contributed by atoms with Gasteiger partial charge in [0.15, 0.2) is 5.11 Å². The number of thiocarbonyl (C=S) groups is 1. The third-order valence-corrected chi connectivity index (χ3v) is 3.62. The molecule has 0 aliphatic heterocycles. The molecular formula is C14H19FN2S. The summed E-state index contributed by atoms with van der Waals surface area (Å²) in [5.74, 6) is -0.261. The van der Waals surface area contributed by atoms with Gasteiger partial charge in [-0.3, -0.25) is 0 Å². The summed E-state index contributed by atoms with van der Waals surface area (Å²) >= 11 is 5.25. The van der Waals surface area contributed by atoms with Crippen molar-refractivity contribution in [1.82, 2.24) is 5.32 Å². The van der Waals surface area contributed by atoms with Crippen molar-refractivity contribution in [3.8, 4) is 0 Å². The number of aryl methyl sites for hydroxylation is 1. The molecule has 0 aromatic heterocycles. The minimum Gasteiger partial charge on any atom is -0.360 e. The summed E-state index contributed by atoms with van der Waals surface area (Å²) in [5, 5.41) is 6.77. The van der Waals surface area contributed by atoms with Gasteiger partial charge >= 0.3 is 0 Å². The fourth-order valence-corrected chi connectivity index (χ4v) is 2.64. The molecule has 0 radical (unpaired) electrons. The Morgan fingerprint density at radius 2 is 2.00 bits per heavy atom. The van der Waals surface area contributed by atoms with Crippen LogP contribution in [-0.4, -0.2) is 11.2 Å². The van der Waals surface area contributed by atoms with Crippen LogP contribution in [0.2, 0.25) is 0 Å². The topological polar surface area (TPSA) is 24.1 Å². The zero-order valence-electron chi connectivity index (χ0n) is 10.6. The summed E-state index contributed by atoms with van der Waals surface area (Å²) in [5.41, 5.74) is 1.34. The average molecular weight is 266 g/mol. The first-order chi connectivity index (χ1) is 8.66. The Hall–Kier alpha value is -1.16. The standard InChI is InChI=1S/C14H19FN2S/c1-10-6-5-9-12(15)13(10)17-14(18)16-11-7-3-2-4-8-11/h5-6,9,11H,2-4,7-8H2,1H3,(H2,16,17,18). The highest BCUT2D eigenvalue weighted by Gasteiger charge is 2.15. The van der Waals surface area contributed by atoms with Crippen molar-refractivity contribution in [2.24, 2.45) is 0 Å². The lowest BCUT2D eigenvalue weighted by molar-refractivity contribution is 0.414. The molecule has 0 amide bonds. The zero-order valence-corrected chi connectivity index (χ0v) is 11.4. The number of rotatable bonds is 2. The van der Waals surface area contributed by atoms with Gasteiger partial charge in [-0.25, -0.2) is 4.39 Å². The van der Waals surface area contributed by atoms with E-state index in [0.29, 0.717) is 16.8 Å². The van der Waals surface area contributed by atoms with Crippen LogP contribution in [0.25, 0.3) is 0 Å². The van der Waals surface area contributed by atoms with Crippen molar-refractivity contribution in [1.29, 1.82) is 0 Å². The first kappa shape index (κ1) is 13.3. The van der Waals surface area contributed by atoms with Crippen LogP contribution < -0.4 is 10.6 Å². The van der Waals surface area contributed by atoms with Gasteiger partial charge in [0, 0.05) is 6.04 Å². The molecule has 1 aliphatic rings. The Balaban J connectivity index is 1.94. The van der Waals surface area contributed by atoms with Crippen LogP contribution in [0.1, 0.15) is 37.7 Å². The maximum absolute atomic E-state index is 13.6. The Morgan fingerprint density at radius 3 is 2.67 bits per heavy atom. The van der Waals surface area contributed by atoms with Crippen LogP contribution in [0, 0.1) is 12.7 Å². The van der Waals surface area contributed by atoms with E-state index in [2.05, 4.69) is 10.6 Å². The van der Waals surface area contributed by atoms with Crippen molar-refractivity contribution < 1.29 is 4.39 Å². The van der Waals surface area contributed by atoms with E-state index in [1.807, 2.05) is 13.0 Å². The van der Waals surface area contributed by atoms with Crippen molar-refractivity contribution in [2.45, 2.75) is 45.1 Å². The highest BCUT2D eigenvalue weighted by molar-refractivity contribution is 7.80. The van der Waals surface area contributed by atoms with Crippen LogP contribution in [0.4, 0.5) is 10.1 Å². The first-order valence-electron chi connectivity index (χ1n) is 6.49. The summed E-state index contributed by atoms with van der Waals surface area (Å²) < 4.78 is 13.6. The molecule has 0 heterocycles. The van der Waals surface area contributed by atoms with Gasteiger partial charge in [0.2, 0.25) is 0 Å². The van der Waals surface area contributed by atoms with Gasteiger partial charge in [-0.05, 0) is 43.6 Å². The molecule has 1 fully saturated rings. The molecule has 0 atom stereocenters. The maximum atomic E-state index is 13.6. The van der Waals surface area contributed by atoms with E-state index in [1.165, 1.54) is 25.3 Å². The Labute approximate surface area is 113 Å². The van der Waals surface area contributed by atoms with Gasteiger partial charge in [-0.15, -0.1) is 0 Å². The lowest BCUT2D eigenvalue weighted by atomic mass is 9.96. The molecule has 1 aromatic rings. The summed E-state index contributed by atoms with van der Waals surface area (Å²) in [6, 6.07) is 5.45. The normalized spacial score (nSPS) is 16.3. The molecule has 0 bridgehead atoms. The fraction of sp³-hybridized carbons (Fsp3) is 0.500. The zero-order chi connectivity index (χ0) is 13.0. The van der Waals surface area contributed by atoms with Crippen LogP contribution in [0.5, 0.6) is 0 Å². The highest BCUT2D eigenvalue weighted by Crippen LogP contribution is 2.20. The van der Waals surface area contributed by atoms with E-state index >= 15 is 0 Å². The number of hydrogen-bond acceptors (Lipinski definition) is 1. The second-order valence-electron chi connectivity index (χ2n) is 4.87. The van der Waals surface area contributed by atoms with E-state index in [9.17, 15) is 4.39 Å². The average Bonchev–Trinajstić information content (AvgIpc) is 2.35. The lowest BCUT2D eigenvalue weighted by Gasteiger charge is -2.24. The molecule has 1 aromatic carbocycles. The van der Waals surface area contributed by atoms with Gasteiger partial charge < -0.3 is 10.6 Å². The molecule has 2 nitrogen and oxygen atoms in total. The number of nitrogens with one attached hydrogen (secondary N) is 2. The summed E-state index contributed by atoms with van der Waals surface area (Å²) in [6.07, 6.45) is 6.11. The minimum absolute atomic E-state index is 0.261. The second-order valence-corrected chi connectivity index (χ2v) is 5.27. The molecule has 2 rings (SSSR count). The Kier molecular flexibility index (Phi) is 4.53. The van der Waals surface area contributed by atoms with Gasteiger partial charge in [0.1, 0.15) is 5.82 Å². The monoisotopic (exact) mass is 266 g/mol. The molecule has 0 unspecified atom stereocenters. The van der Waals surface area contributed by atoms with E-state index in [4.69, 9.17) is 12.2 Å². The number of anilines is 1. The quantitative estimate of drug-likeness (QED) is 0.797. The molecule has 1 aliphatic carbocycles. The molecule has 0 spiro atoms. The van der Waals surface area contributed by atoms with Crippen LogP contribution in [-0.2, 0) is 0 Å².